The Bertz CT molecular complexity index is 549. The lowest BCUT2D eigenvalue weighted by Crippen LogP contribution is -2.42. The molecule has 18 heavy (non-hydrogen) atoms. The Morgan fingerprint density at radius 1 is 1.44 bits per heavy atom. The van der Waals surface area contributed by atoms with E-state index in [0.29, 0.717) is 6.04 Å². The van der Waals surface area contributed by atoms with Gasteiger partial charge in [0, 0.05) is 40.7 Å². The van der Waals surface area contributed by atoms with Crippen molar-refractivity contribution in [2.45, 2.75) is 25.4 Å². The smallest absolute Gasteiger partial charge is 0.0458 e. The van der Waals surface area contributed by atoms with Gasteiger partial charge in [0.15, 0.2) is 0 Å². The predicted molar refractivity (Wildman–Crippen MR) is 78.5 cm³/mol. The van der Waals surface area contributed by atoms with Crippen molar-refractivity contribution in [1.29, 1.82) is 0 Å². The average molecular weight is 308 g/mol. The van der Waals surface area contributed by atoms with Crippen LogP contribution in [0.15, 0.2) is 28.9 Å². The molecule has 1 aromatic carbocycles. The monoisotopic (exact) mass is 307 g/mol. The number of rotatable bonds is 2. The van der Waals surface area contributed by atoms with Crippen LogP contribution in [0, 0.1) is 0 Å². The van der Waals surface area contributed by atoms with E-state index in [9.17, 15) is 0 Å². The van der Waals surface area contributed by atoms with Gasteiger partial charge in [-0.25, -0.2) is 0 Å². The number of aromatic amines is 1. The first-order chi connectivity index (χ1) is 8.72. The Morgan fingerprint density at radius 3 is 3.17 bits per heavy atom. The summed E-state index contributed by atoms with van der Waals surface area (Å²) in [4.78, 5) is 5.79. The minimum atomic E-state index is 0.343. The second-order valence-corrected chi connectivity index (χ2v) is 6.06. The lowest BCUT2D eigenvalue weighted by molar-refractivity contribution is 0.202. The number of hydrogen-bond donors (Lipinski definition) is 2. The predicted octanol–water partition coefficient (Wildman–Crippen LogP) is 2.85. The molecule has 0 spiro atoms. The first-order valence-electron chi connectivity index (χ1n) is 6.46. The fourth-order valence-electron chi connectivity index (χ4n) is 2.76. The molecule has 0 amide bonds. The van der Waals surface area contributed by atoms with Crippen LogP contribution in [0.4, 0.5) is 0 Å². The van der Waals surface area contributed by atoms with Crippen molar-refractivity contribution in [3.05, 3.63) is 34.4 Å². The molecule has 3 rings (SSSR count). The number of nitrogens with one attached hydrogen (secondary N) is 1. The summed E-state index contributed by atoms with van der Waals surface area (Å²) in [5.41, 5.74) is 8.60. The maximum absolute atomic E-state index is 6.03. The summed E-state index contributed by atoms with van der Waals surface area (Å²) >= 11 is 3.54. The number of aromatic nitrogens is 1. The molecular weight excluding hydrogens is 290 g/mol. The van der Waals surface area contributed by atoms with Crippen LogP contribution < -0.4 is 5.73 Å². The molecule has 3 nitrogen and oxygen atoms in total. The Kier molecular flexibility index (Phi) is 3.41. The van der Waals surface area contributed by atoms with Crippen LogP contribution in [-0.4, -0.2) is 29.0 Å². The molecule has 1 aromatic heterocycles. The zero-order valence-electron chi connectivity index (χ0n) is 10.3. The van der Waals surface area contributed by atoms with Crippen molar-refractivity contribution in [3.8, 4) is 0 Å². The van der Waals surface area contributed by atoms with E-state index in [2.05, 4.69) is 50.2 Å². The molecule has 1 fully saturated rings. The number of fused-ring (bicyclic) bond motifs is 1. The molecule has 1 atom stereocenters. The van der Waals surface area contributed by atoms with Crippen molar-refractivity contribution >= 4 is 26.8 Å². The van der Waals surface area contributed by atoms with E-state index in [0.717, 1.165) is 30.5 Å². The summed E-state index contributed by atoms with van der Waals surface area (Å²) in [6.45, 7) is 3.17. The van der Waals surface area contributed by atoms with Gasteiger partial charge in [-0.05, 0) is 43.1 Å². The molecule has 4 heteroatoms. The summed E-state index contributed by atoms with van der Waals surface area (Å²) in [6.07, 6.45) is 4.50. The Balaban J connectivity index is 1.83. The van der Waals surface area contributed by atoms with E-state index in [4.69, 9.17) is 5.73 Å². The zero-order chi connectivity index (χ0) is 12.5. The van der Waals surface area contributed by atoms with Gasteiger partial charge >= 0.3 is 0 Å². The van der Waals surface area contributed by atoms with Crippen molar-refractivity contribution in [2.75, 3.05) is 13.1 Å². The highest BCUT2D eigenvalue weighted by Gasteiger charge is 2.17. The summed E-state index contributed by atoms with van der Waals surface area (Å²) < 4.78 is 1.13. The first-order valence-corrected chi connectivity index (χ1v) is 7.25. The number of halogens is 1. The molecule has 1 aliphatic heterocycles. The van der Waals surface area contributed by atoms with Crippen LogP contribution in [0.25, 0.3) is 10.9 Å². The van der Waals surface area contributed by atoms with Gasteiger partial charge in [0.2, 0.25) is 0 Å². The summed E-state index contributed by atoms with van der Waals surface area (Å²) in [5.74, 6) is 0. The highest BCUT2D eigenvalue weighted by molar-refractivity contribution is 9.10. The van der Waals surface area contributed by atoms with Crippen molar-refractivity contribution in [2.24, 2.45) is 5.73 Å². The van der Waals surface area contributed by atoms with Gasteiger partial charge < -0.3 is 10.7 Å². The standard InChI is InChI=1S/C14H18BrN3/c15-11-3-4-14-13(6-11)10(7-17-14)8-18-5-1-2-12(16)9-18/h3-4,6-7,12,17H,1-2,5,8-9,16H2. The van der Waals surface area contributed by atoms with E-state index in [1.54, 1.807) is 0 Å². The molecule has 1 unspecified atom stereocenters. The van der Waals surface area contributed by atoms with Crippen LogP contribution in [0.2, 0.25) is 0 Å². The summed E-state index contributed by atoms with van der Waals surface area (Å²) in [7, 11) is 0. The minimum absolute atomic E-state index is 0.343. The number of likely N-dealkylation sites (tertiary alicyclic amines) is 1. The third-order valence-corrected chi connectivity index (χ3v) is 4.16. The number of H-pyrrole nitrogens is 1. The Morgan fingerprint density at radius 2 is 2.33 bits per heavy atom. The zero-order valence-corrected chi connectivity index (χ0v) is 11.9. The molecule has 2 heterocycles. The molecule has 0 saturated carbocycles. The largest absolute Gasteiger partial charge is 0.361 e. The van der Waals surface area contributed by atoms with Gasteiger partial charge in [-0.1, -0.05) is 15.9 Å². The van der Waals surface area contributed by atoms with Crippen LogP contribution in [0.3, 0.4) is 0 Å². The fourth-order valence-corrected chi connectivity index (χ4v) is 3.12. The van der Waals surface area contributed by atoms with E-state index < -0.39 is 0 Å². The fraction of sp³-hybridized carbons (Fsp3) is 0.429. The highest BCUT2D eigenvalue weighted by Crippen LogP contribution is 2.24. The summed E-state index contributed by atoms with van der Waals surface area (Å²) in [6, 6.07) is 6.71. The molecule has 0 radical (unpaired) electrons. The molecule has 3 N–H and O–H groups in total. The molecule has 0 bridgehead atoms. The van der Waals surface area contributed by atoms with E-state index in [1.165, 1.54) is 22.9 Å². The van der Waals surface area contributed by atoms with Crippen LogP contribution in [-0.2, 0) is 6.54 Å². The maximum atomic E-state index is 6.03. The van der Waals surface area contributed by atoms with Crippen molar-refractivity contribution in [1.82, 2.24) is 9.88 Å². The van der Waals surface area contributed by atoms with Crippen molar-refractivity contribution in [3.63, 3.8) is 0 Å². The van der Waals surface area contributed by atoms with Gasteiger partial charge in [0.25, 0.3) is 0 Å². The topological polar surface area (TPSA) is 45.0 Å². The van der Waals surface area contributed by atoms with Crippen LogP contribution in [0.1, 0.15) is 18.4 Å². The molecule has 1 saturated heterocycles. The third-order valence-electron chi connectivity index (χ3n) is 3.67. The Hall–Kier alpha value is -0.840. The van der Waals surface area contributed by atoms with E-state index >= 15 is 0 Å². The first kappa shape index (κ1) is 12.2. The lowest BCUT2D eigenvalue weighted by atomic mass is 10.1. The van der Waals surface area contributed by atoms with Gasteiger partial charge in [-0.3, -0.25) is 4.90 Å². The quantitative estimate of drug-likeness (QED) is 0.896. The molecule has 96 valence electrons. The number of nitrogens with two attached hydrogens (primary N) is 1. The number of benzene rings is 1. The molecule has 0 aliphatic carbocycles. The second-order valence-electron chi connectivity index (χ2n) is 5.14. The Labute approximate surface area is 115 Å². The lowest BCUT2D eigenvalue weighted by Gasteiger charge is -2.30. The van der Waals surface area contributed by atoms with E-state index in [-0.39, 0.29) is 0 Å². The molecule has 2 aromatic rings. The molecule has 1 aliphatic rings. The number of piperidine rings is 1. The maximum Gasteiger partial charge on any atom is 0.0458 e. The summed E-state index contributed by atoms with van der Waals surface area (Å²) in [5, 5.41) is 1.31. The minimum Gasteiger partial charge on any atom is -0.361 e. The van der Waals surface area contributed by atoms with Crippen LogP contribution in [0.5, 0.6) is 0 Å². The van der Waals surface area contributed by atoms with Gasteiger partial charge in [-0.2, -0.15) is 0 Å². The third kappa shape index (κ3) is 2.46. The van der Waals surface area contributed by atoms with Gasteiger partial charge in [-0.15, -0.1) is 0 Å². The van der Waals surface area contributed by atoms with Gasteiger partial charge in [0.1, 0.15) is 0 Å². The van der Waals surface area contributed by atoms with E-state index in [1.807, 2.05) is 0 Å². The van der Waals surface area contributed by atoms with Crippen LogP contribution >= 0.6 is 15.9 Å². The highest BCUT2D eigenvalue weighted by atomic mass is 79.9. The molecular formula is C14H18BrN3. The average Bonchev–Trinajstić information content (AvgIpc) is 2.72. The SMILES string of the molecule is NC1CCCN(Cc2c[nH]c3ccc(Br)cc23)C1. The van der Waals surface area contributed by atoms with Crippen molar-refractivity contribution < 1.29 is 0 Å². The second kappa shape index (κ2) is 5.03. The normalized spacial score (nSPS) is 21.6. The number of nitrogens with zero attached hydrogens (tertiary/aromatic N) is 1. The van der Waals surface area contributed by atoms with Gasteiger partial charge in [0.05, 0.1) is 0 Å². The number of hydrogen-bond acceptors (Lipinski definition) is 2.